The minimum absolute atomic E-state index is 0.0891. The Morgan fingerprint density at radius 3 is 2.94 bits per heavy atom. The Morgan fingerprint density at radius 1 is 1.50 bits per heavy atom. The molecule has 1 fully saturated rings. The fraction of sp³-hybridized carbons (Fsp3) is 0.500. The summed E-state index contributed by atoms with van der Waals surface area (Å²) in [6, 6.07) is 7.75. The van der Waals surface area contributed by atoms with Crippen molar-refractivity contribution in [3.63, 3.8) is 0 Å². The Kier molecular flexibility index (Phi) is 4.30. The normalized spacial score (nSPS) is 20.7. The molecule has 1 amide bonds. The zero-order valence-electron chi connectivity index (χ0n) is 11.0. The van der Waals surface area contributed by atoms with Crippen LogP contribution in [0.2, 0.25) is 0 Å². The SMILES string of the molecule is CN1CCCC(N(C)C(=O)c2cccc(S)c2)C1. The third kappa shape index (κ3) is 3.06. The van der Waals surface area contributed by atoms with Gasteiger partial charge in [-0.3, -0.25) is 4.79 Å². The highest BCUT2D eigenvalue weighted by atomic mass is 32.1. The Balaban J connectivity index is 2.08. The maximum Gasteiger partial charge on any atom is 0.253 e. The molecule has 98 valence electrons. The van der Waals surface area contributed by atoms with E-state index in [1.54, 1.807) is 0 Å². The molecular weight excluding hydrogens is 244 g/mol. The van der Waals surface area contributed by atoms with Crippen LogP contribution < -0.4 is 0 Å². The van der Waals surface area contributed by atoms with Gasteiger partial charge in [-0.2, -0.15) is 0 Å². The van der Waals surface area contributed by atoms with Crippen molar-refractivity contribution < 1.29 is 4.79 Å². The lowest BCUT2D eigenvalue weighted by atomic mass is 10.0. The number of likely N-dealkylation sites (N-methyl/N-ethyl adjacent to an activating group) is 2. The summed E-state index contributed by atoms with van der Waals surface area (Å²) < 4.78 is 0. The molecule has 18 heavy (non-hydrogen) atoms. The van der Waals surface area contributed by atoms with Crippen LogP contribution >= 0.6 is 12.6 Å². The summed E-state index contributed by atoms with van der Waals surface area (Å²) in [5.41, 5.74) is 0.721. The predicted octanol–water partition coefficient (Wildman–Crippen LogP) is 2.14. The van der Waals surface area contributed by atoms with Crippen LogP contribution in [-0.2, 0) is 0 Å². The van der Waals surface area contributed by atoms with Gasteiger partial charge in [0, 0.05) is 30.1 Å². The third-order valence-electron chi connectivity index (χ3n) is 3.56. The van der Waals surface area contributed by atoms with Gasteiger partial charge in [0.2, 0.25) is 0 Å². The van der Waals surface area contributed by atoms with Gasteiger partial charge in [0.15, 0.2) is 0 Å². The van der Waals surface area contributed by atoms with Crippen molar-refractivity contribution >= 4 is 18.5 Å². The number of piperidine rings is 1. The van der Waals surface area contributed by atoms with Gasteiger partial charge in [0.25, 0.3) is 5.91 Å². The van der Waals surface area contributed by atoms with E-state index in [-0.39, 0.29) is 5.91 Å². The van der Waals surface area contributed by atoms with E-state index < -0.39 is 0 Å². The van der Waals surface area contributed by atoms with E-state index in [1.807, 2.05) is 36.2 Å². The molecule has 0 aromatic heterocycles. The van der Waals surface area contributed by atoms with Gasteiger partial charge < -0.3 is 9.80 Å². The van der Waals surface area contributed by atoms with Crippen LogP contribution in [0.15, 0.2) is 29.2 Å². The van der Waals surface area contributed by atoms with Crippen molar-refractivity contribution in [1.82, 2.24) is 9.80 Å². The molecule has 0 aliphatic carbocycles. The molecule has 1 aliphatic heterocycles. The fourth-order valence-electron chi connectivity index (χ4n) is 2.46. The van der Waals surface area contributed by atoms with E-state index in [9.17, 15) is 4.79 Å². The van der Waals surface area contributed by atoms with E-state index in [2.05, 4.69) is 24.6 Å². The first-order chi connectivity index (χ1) is 8.58. The Bertz CT molecular complexity index is 436. The Hall–Kier alpha value is -1.00. The number of hydrogen-bond donors (Lipinski definition) is 1. The molecule has 1 aromatic carbocycles. The number of benzene rings is 1. The van der Waals surface area contributed by atoms with Gasteiger partial charge in [-0.25, -0.2) is 0 Å². The number of hydrogen-bond acceptors (Lipinski definition) is 3. The molecule has 0 radical (unpaired) electrons. The van der Waals surface area contributed by atoms with Gasteiger partial charge in [-0.1, -0.05) is 6.07 Å². The van der Waals surface area contributed by atoms with E-state index in [0.29, 0.717) is 6.04 Å². The first-order valence-corrected chi connectivity index (χ1v) is 6.77. The number of thiol groups is 1. The van der Waals surface area contributed by atoms with E-state index in [0.717, 1.165) is 36.4 Å². The molecule has 4 heteroatoms. The quantitative estimate of drug-likeness (QED) is 0.827. The lowest BCUT2D eigenvalue weighted by molar-refractivity contribution is 0.0644. The van der Waals surface area contributed by atoms with E-state index >= 15 is 0 Å². The second-order valence-electron chi connectivity index (χ2n) is 5.02. The van der Waals surface area contributed by atoms with Crippen LogP contribution in [0, 0.1) is 0 Å². The van der Waals surface area contributed by atoms with Gasteiger partial charge in [0.05, 0.1) is 0 Å². The largest absolute Gasteiger partial charge is 0.337 e. The molecular formula is C14H20N2OS. The molecule has 1 aromatic rings. The first kappa shape index (κ1) is 13.4. The fourth-order valence-corrected chi connectivity index (χ4v) is 2.69. The van der Waals surface area contributed by atoms with Crippen molar-refractivity contribution in [2.45, 2.75) is 23.8 Å². The van der Waals surface area contributed by atoms with Crippen LogP contribution in [0.3, 0.4) is 0 Å². The van der Waals surface area contributed by atoms with Gasteiger partial charge in [0.1, 0.15) is 0 Å². The minimum Gasteiger partial charge on any atom is -0.337 e. The van der Waals surface area contributed by atoms with Gasteiger partial charge >= 0.3 is 0 Å². The van der Waals surface area contributed by atoms with Gasteiger partial charge in [-0.15, -0.1) is 12.6 Å². The molecule has 0 spiro atoms. The Morgan fingerprint density at radius 2 is 2.28 bits per heavy atom. The van der Waals surface area contributed by atoms with Crippen molar-refractivity contribution in [3.8, 4) is 0 Å². The molecule has 1 saturated heterocycles. The van der Waals surface area contributed by atoms with Crippen molar-refractivity contribution in [2.75, 3.05) is 27.2 Å². The summed E-state index contributed by atoms with van der Waals surface area (Å²) >= 11 is 4.28. The van der Waals surface area contributed by atoms with E-state index in [4.69, 9.17) is 0 Å². The van der Waals surface area contributed by atoms with Crippen molar-refractivity contribution in [2.24, 2.45) is 0 Å². The highest BCUT2D eigenvalue weighted by molar-refractivity contribution is 7.80. The molecule has 0 bridgehead atoms. The van der Waals surface area contributed by atoms with Crippen LogP contribution in [-0.4, -0.2) is 48.9 Å². The maximum atomic E-state index is 12.4. The number of nitrogens with zero attached hydrogens (tertiary/aromatic N) is 2. The number of likely N-dealkylation sites (tertiary alicyclic amines) is 1. The van der Waals surface area contributed by atoms with Crippen LogP contribution in [0.1, 0.15) is 23.2 Å². The third-order valence-corrected chi connectivity index (χ3v) is 3.84. The minimum atomic E-state index is 0.0891. The molecule has 0 saturated carbocycles. The first-order valence-electron chi connectivity index (χ1n) is 6.32. The van der Waals surface area contributed by atoms with Crippen LogP contribution in [0.25, 0.3) is 0 Å². The molecule has 1 unspecified atom stereocenters. The average molecular weight is 264 g/mol. The maximum absolute atomic E-state index is 12.4. The molecule has 3 nitrogen and oxygen atoms in total. The molecule has 1 atom stereocenters. The smallest absolute Gasteiger partial charge is 0.253 e. The predicted molar refractivity (Wildman–Crippen MR) is 76.3 cm³/mol. The van der Waals surface area contributed by atoms with Crippen molar-refractivity contribution in [3.05, 3.63) is 29.8 Å². The average Bonchev–Trinajstić information content (AvgIpc) is 2.37. The molecule has 1 heterocycles. The summed E-state index contributed by atoms with van der Waals surface area (Å²) in [5.74, 6) is 0.0891. The molecule has 1 aliphatic rings. The summed E-state index contributed by atoms with van der Waals surface area (Å²) in [6.07, 6.45) is 2.25. The lowest BCUT2D eigenvalue weighted by Crippen LogP contribution is -2.47. The lowest BCUT2D eigenvalue weighted by Gasteiger charge is -2.35. The highest BCUT2D eigenvalue weighted by Crippen LogP contribution is 2.17. The molecule has 0 N–H and O–H groups in total. The highest BCUT2D eigenvalue weighted by Gasteiger charge is 2.25. The van der Waals surface area contributed by atoms with Crippen LogP contribution in [0.4, 0.5) is 0 Å². The number of carbonyl (C=O) groups is 1. The topological polar surface area (TPSA) is 23.6 Å². The molecule has 2 rings (SSSR count). The number of carbonyl (C=O) groups excluding carboxylic acids is 1. The zero-order chi connectivity index (χ0) is 13.1. The number of amides is 1. The standard InChI is InChI=1S/C14H20N2OS/c1-15-8-4-6-12(10-15)16(2)14(17)11-5-3-7-13(18)9-11/h3,5,7,9,12,18H,4,6,8,10H2,1-2H3. The van der Waals surface area contributed by atoms with Gasteiger partial charge in [-0.05, 0) is 44.6 Å². The van der Waals surface area contributed by atoms with Crippen molar-refractivity contribution in [1.29, 1.82) is 0 Å². The zero-order valence-corrected chi connectivity index (χ0v) is 11.9. The summed E-state index contributed by atoms with van der Waals surface area (Å²) in [7, 11) is 4.01. The monoisotopic (exact) mass is 264 g/mol. The number of rotatable bonds is 2. The summed E-state index contributed by atoms with van der Waals surface area (Å²) in [4.78, 5) is 17.4. The Labute approximate surface area is 114 Å². The second-order valence-corrected chi connectivity index (χ2v) is 5.54. The summed E-state index contributed by atoms with van der Waals surface area (Å²) in [5, 5.41) is 0. The summed E-state index contributed by atoms with van der Waals surface area (Å²) in [6.45, 7) is 2.09. The van der Waals surface area contributed by atoms with E-state index in [1.165, 1.54) is 0 Å². The second kappa shape index (κ2) is 5.76. The van der Waals surface area contributed by atoms with Crippen LogP contribution in [0.5, 0.6) is 0 Å².